The maximum Gasteiger partial charge on any atom is 1.00 e. The van der Waals surface area contributed by atoms with Crippen molar-refractivity contribution in [2.45, 2.75) is 176 Å². The van der Waals surface area contributed by atoms with Crippen molar-refractivity contribution in [1.82, 2.24) is 0 Å². The zero-order valence-electron chi connectivity index (χ0n) is 31.7. The van der Waals surface area contributed by atoms with Gasteiger partial charge in [0, 0.05) is 25.2 Å². The minimum absolute atomic E-state index is 0. The predicted octanol–water partition coefficient (Wildman–Crippen LogP) is 8.26. The van der Waals surface area contributed by atoms with Crippen LogP contribution in [0.15, 0.2) is 0 Å². The Morgan fingerprint density at radius 1 is 0.488 bits per heavy atom. The first kappa shape index (κ1) is 43.9. The van der Waals surface area contributed by atoms with Crippen molar-refractivity contribution >= 4 is 31.1 Å². The molecule has 0 saturated carbocycles. The smallest absolute Gasteiger partial charge is 0.417 e. The molecule has 0 aromatic carbocycles. The van der Waals surface area contributed by atoms with E-state index in [9.17, 15) is 0 Å². The van der Waals surface area contributed by atoms with Crippen LogP contribution in [0.1, 0.15) is 102 Å². The molecule has 0 aliphatic heterocycles. The first-order valence-corrected chi connectivity index (χ1v) is 25.0. The minimum Gasteiger partial charge on any atom is -0.417 e. The SMILES string of the molecule is CC(C)(C)C#C[B-](CCCO[Si](C)(C)C(C)(C)C)(CCCO[Si](C)(C)C(C)(C)C)CCCO[Si](C)(C)C(C)(C)C.[Li+]. The predicted molar refractivity (Wildman–Crippen MR) is 191 cm³/mol. The molecule has 8 heteroatoms. The molecule has 0 aliphatic carbocycles. The summed E-state index contributed by atoms with van der Waals surface area (Å²) >= 11 is 0. The quantitative estimate of drug-likeness (QED) is 0.105. The summed E-state index contributed by atoms with van der Waals surface area (Å²) in [6, 6.07) is 0. The molecule has 0 N–H and O–H groups in total. The van der Waals surface area contributed by atoms with E-state index in [1.54, 1.807) is 0 Å². The first-order chi connectivity index (χ1) is 17.6. The van der Waals surface area contributed by atoms with Gasteiger partial charge in [0.1, 0.15) is 0 Å². The summed E-state index contributed by atoms with van der Waals surface area (Å²) in [7, 11) is -5.25. The monoisotopic (exact) mass is 619 g/mol. The van der Waals surface area contributed by atoms with Gasteiger partial charge in [0.05, 0.1) is 6.15 Å². The largest absolute Gasteiger partial charge is 1.00 e. The average Bonchev–Trinajstić information content (AvgIpc) is 2.72. The standard InChI is InChI=1S/C33H72BO3Si3.Li/c1-30(2,3)22-26-34(23-19-27-35-38(13,14)31(4,5)6,24-20-28-36-39(15,16)32(7,8)9)25-21-29-37-40(17,18)33(10,11)12;/h19-21,23-25,27-29H2,1-18H3;/q-1;+1. The molecule has 0 rings (SSSR count). The number of hydrogen-bond acceptors (Lipinski definition) is 3. The zero-order chi connectivity index (χ0) is 31.9. The van der Waals surface area contributed by atoms with Crippen LogP contribution >= 0.6 is 0 Å². The second-order valence-corrected chi connectivity index (χ2v) is 32.7. The fourth-order valence-electron chi connectivity index (χ4n) is 4.07. The van der Waals surface area contributed by atoms with Gasteiger partial charge < -0.3 is 19.1 Å². The van der Waals surface area contributed by atoms with E-state index >= 15 is 0 Å². The van der Waals surface area contributed by atoms with Crippen molar-refractivity contribution in [2.24, 2.45) is 5.41 Å². The van der Waals surface area contributed by atoms with Gasteiger partial charge in [-0.1, -0.05) is 81.6 Å². The van der Waals surface area contributed by atoms with Crippen molar-refractivity contribution in [3.8, 4) is 11.7 Å². The molecule has 0 radical (unpaired) electrons. The molecule has 0 unspecified atom stereocenters. The van der Waals surface area contributed by atoms with Crippen molar-refractivity contribution in [2.75, 3.05) is 19.8 Å². The molecular formula is C33H72BLiO3Si3. The summed E-state index contributed by atoms with van der Waals surface area (Å²) in [6.07, 6.45) is 5.79. The summed E-state index contributed by atoms with van der Waals surface area (Å²) in [4.78, 5) is 0. The van der Waals surface area contributed by atoms with Crippen molar-refractivity contribution in [3.63, 3.8) is 0 Å². The maximum atomic E-state index is 6.61. The van der Waals surface area contributed by atoms with E-state index < -0.39 is 31.1 Å². The average molecular weight is 619 g/mol. The van der Waals surface area contributed by atoms with Gasteiger partial charge in [-0.25, -0.2) is 0 Å². The van der Waals surface area contributed by atoms with E-state index in [-0.39, 0.29) is 39.4 Å². The van der Waals surface area contributed by atoms with Gasteiger partial charge >= 0.3 is 18.9 Å². The molecule has 238 valence electrons. The molecule has 0 amide bonds. The minimum atomic E-state index is -1.75. The third-order valence-corrected chi connectivity index (χ3v) is 23.9. The molecule has 0 aliphatic rings. The van der Waals surface area contributed by atoms with Crippen LogP contribution in [-0.4, -0.2) is 50.9 Å². The molecular weight excluding hydrogens is 546 g/mol. The van der Waals surface area contributed by atoms with E-state index in [1.165, 1.54) is 0 Å². The Bertz CT molecular complexity index is 737. The molecule has 0 bridgehead atoms. The van der Waals surface area contributed by atoms with Gasteiger partial charge in [-0.05, 0) is 75.2 Å². The second kappa shape index (κ2) is 16.4. The van der Waals surface area contributed by atoms with Crippen molar-refractivity contribution < 1.29 is 32.1 Å². The molecule has 3 nitrogen and oxygen atoms in total. The van der Waals surface area contributed by atoms with Crippen LogP contribution in [0.4, 0.5) is 0 Å². The molecule has 0 aromatic rings. The van der Waals surface area contributed by atoms with Gasteiger partial charge in [0.15, 0.2) is 25.0 Å². The molecule has 0 fully saturated rings. The molecule has 0 spiro atoms. The number of rotatable bonds is 15. The number of hydrogen-bond donors (Lipinski definition) is 0. The Labute approximate surface area is 274 Å². The van der Waals surface area contributed by atoms with Crippen LogP contribution in [-0.2, 0) is 13.3 Å². The molecule has 0 atom stereocenters. The van der Waals surface area contributed by atoms with Crippen LogP contribution in [0.5, 0.6) is 0 Å². The normalized spacial score (nSPS) is 14.4. The van der Waals surface area contributed by atoms with Gasteiger partial charge in [-0.3, -0.25) is 0 Å². The second-order valence-electron chi connectivity index (χ2n) is 18.3. The zero-order valence-corrected chi connectivity index (χ0v) is 34.7. The summed E-state index contributed by atoms with van der Waals surface area (Å²) in [6.45, 7) is 44.4. The topological polar surface area (TPSA) is 27.7 Å². The summed E-state index contributed by atoms with van der Waals surface area (Å²) in [5.41, 5.74) is -0.0000811. The third kappa shape index (κ3) is 16.0. The fourth-order valence-corrected chi connectivity index (χ4v) is 7.34. The van der Waals surface area contributed by atoms with Crippen molar-refractivity contribution in [1.29, 1.82) is 0 Å². The van der Waals surface area contributed by atoms with E-state index in [2.05, 4.69) is 134 Å². The van der Waals surface area contributed by atoms with E-state index in [4.69, 9.17) is 13.3 Å². The van der Waals surface area contributed by atoms with Crippen LogP contribution in [0.25, 0.3) is 0 Å². The molecule has 41 heavy (non-hydrogen) atoms. The Hall–Kier alpha value is 0.753. The van der Waals surface area contributed by atoms with Crippen LogP contribution in [0.2, 0.25) is 73.4 Å². The first-order valence-electron chi connectivity index (χ1n) is 16.2. The Morgan fingerprint density at radius 2 is 0.732 bits per heavy atom. The Morgan fingerprint density at radius 3 is 0.927 bits per heavy atom. The van der Waals surface area contributed by atoms with Crippen LogP contribution in [0, 0.1) is 17.2 Å². The van der Waals surface area contributed by atoms with Crippen LogP contribution < -0.4 is 18.9 Å². The molecule has 0 heterocycles. The fraction of sp³-hybridized carbons (Fsp3) is 0.939. The molecule has 0 aromatic heterocycles. The summed E-state index contributed by atoms with van der Waals surface area (Å²) in [5, 5.41) is 0.719. The van der Waals surface area contributed by atoms with Crippen LogP contribution in [0.3, 0.4) is 0 Å². The Kier molecular flexibility index (Phi) is 17.5. The maximum absolute atomic E-state index is 6.61. The van der Waals surface area contributed by atoms with E-state index in [1.807, 2.05) is 0 Å². The van der Waals surface area contributed by atoms with Crippen molar-refractivity contribution in [3.05, 3.63) is 0 Å². The Balaban J connectivity index is 0. The van der Waals surface area contributed by atoms with Gasteiger partial charge in [0.2, 0.25) is 0 Å². The van der Waals surface area contributed by atoms with Gasteiger partial charge in [-0.2, -0.15) is 19.0 Å². The van der Waals surface area contributed by atoms with E-state index in [0.29, 0.717) is 0 Å². The summed E-state index contributed by atoms with van der Waals surface area (Å²) in [5.74, 6) is 7.63. The van der Waals surface area contributed by atoms with E-state index in [0.717, 1.165) is 58.0 Å². The van der Waals surface area contributed by atoms with Gasteiger partial charge in [0.25, 0.3) is 0 Å². The third-order valence-electron chi connectivity index (χ3n) is 10.3. The summed E-state index contributed by atoms with van der Waals surface area (Å²) < 4.78 is 19.8. The van der Waals surface area contributed by atoms with Gasteiger partial charge in [-0.15, -0.1) is 5.92 Å². The molecule has 0 saturated heterocycles.